The number of benzene rings is 2. The number of nitrogens with one attached hydrogen (secondary N) is 1. The Morgan fingerprint density at radius 1 is 1.12 bits per heavy atom. The average molecular weight is 374 g/mol. The van der Waals surface area contributed by atoms with Gasteiger partial charge in [0.2, 0.25) is 5.91 Å². The minimum Gasteiger partial charge on any atom is -0.484 e. The summed E-state index contributed by atoms with van der Waals surface area (Å²) < 4.78 is 5.16. The zero-order chi connectivity index (χ0) is 18.8. The number of carbonyl (C=O) groups is 2. The first-order valence-electron chi connectivity index (χ1n) is 8.10. The Bertz CT molecular complexity index is 759. The molecule has 0 aromatic heterocycles. The van der Waals surface area contributed by atoms with Gasteiger partial charge in [-0.2, -0.15) is 5.10 Å². The molecule has 26 heavy (non-hydrogen) atoms. The summed E-state index contributed by atoms with van der Waals surface area (Å²) in [5, 5.41) is 4.63. The quantitative estimate of drug-likeness (QED) is 0.522. The van der Waals surface area contributed by atoms with Gasteiger partial charge in [0, 0.05) is 11.4 Å². The first-order valence-corrected chi connectivity index (χ1v) is 8.48. The lowest BCUT2D eigenvalue weighted by Crippen LogP contribution is -2.20. The van der Waals surface area contributed by atoms with Crippen molar-refractivity contribution in [3.8, 4) is 5.75 Å². The third-order valence-corrected chi connectivity index (χ3v) is 3.70. The molecule has 2 aromatic rings. The van der Waals surface area contributed by atoms with Crippen molar-refractivity contribution in [3.63, 3.8) is 0 Å². The van der Waals surface area contributed by atoms with Crippen molar-refractivity contribution in [1.29, 1.82) is 0 Å². The Hall–Kier alpha value is -2.86. The van der Waals surface area contributed by atoms with Gasteiger partial charge < -0.3 is 10.5 Å². The fourth-order valence-corrected chi connectivity index (χ4v) is 2.27. The van der Waals surface area contributed by atoms with Crippen LogP contribution in [0.1, 0.15) is 24.0 Å². The van der Waals surface area contributed by atoms with E-state index >= 15 is 0 Å². The van der Waals surface area contributed by atoms with Crippen molar-refractivity contribution in [2.24, 2.45) is 10.8 Å². The molecule has 3 N–H and O–H groups in total. The second kappa shape index (κ2) is 10.2. The zero-order valence-corrected chi connectivity index (χ0v) is 14.9. The minimum atomic E-state index is -0.533. The summed E-state index contributed by atoms with van der Waals surface area (Å²) in [4.78, 5) is 22.4. The van der Waals surface area contributed by atoms with Gasteiger partial charge in [-0.3, -0.25) is 9.59 Å². The Kier molecular flexibility index (Phi) is 7.64. The van der Waals surface area contributed by atoms with E-state index in [1.54, 1.807) is 24.3 Å². The molecule has 0 spiro atoms. The molecule has 0 aliphatic rings. The number of nitrogens with two attached hydrogens (primary N) is 1. The van der Waals surface area contributed by atoms with Crippen molar-refractivity contribution in [2.75, 3.05) is 6.61 Å². The predicted octanol–water partition coefficient (Wildman–Crippen LogP) is 2.68. The summed E-state index contributed by atoms with van der Waals surface area (Å²) in [6.07, 6.45) is 3.46. The topological polar surface area (TPSA) is 93.8 Å². The van der Waals surface area contributed by atoms with E-state index in [1.165, 1.54) is 6.21 Å². The first-order chi connectivity index (χ1) is 12.5. The van der Waals surface area contributed by atoms with Crippen molar-refractivity contribution >= 4 is 29.6 Å². The number of hydrazone groups is 1. The van der Waals surface area contributed by atoms with Gasteiger partial charge in [-0.25, -0.2) is 5.43 Å². The second-order valence-electron chi connectivity index (χ2n) is 5.60. The van der Waals surface area contributed by atoms with Gasteiger partial charge in [0.1, 0.15) is 5.75 Å². The Balaban J connectivity index is 1.69. The van der Waals surface area contributed by atoms with Crippen LogP contribution in [0.2, 0.25) is 5.02 Å². The van der Waals surface area contributed by atoms with E-state index in [1.807, 2.05) is 24.3 Å². The highest BCUT2D eigenvalue weighted by Crippen LogP contribution is 2.12. The van der Waals surface area contributed by atoms with Crippen LogP contribution in [0.5, 0.6) is 5.75 Å². The number of primary amides is 1. The highest BCUT2D eigenvalue weighted by atomic mass is 35.5. The number of hydrogen-bond donors (Lipinski definition) is 2. The van der Waals surface area contributed by atoms with E-state index in [9.17, 15) is 9.59 Å². The largest absolute Gasteiger partial charge is 0.484 e. The van der Waals surface area contributed by atoms with Crippen LogP contribution in [0.3, 0.4) is 0 Å². The monoisotopic (exact) mass is 373 g/mol. The van der Waals surface area contributed by atoms with Crippen LogP contribution in [0.25, 0.3) is 0 Å². The van der Waals surface area contributed by atoms with Crippen LogP contribution in [0, 0.1) is 0 Å². The van der Waals surface area contributed by atoms with E-state index < -0.39 is 5.91 Å². The Morgan fingerprint density at radius 2 is 1.81 bits per heavy atom. The molecule has 0 saturated heterocycles. The molecule has 0 bridgehead atoms. The molecule has 0 heterocycles. The summed E-state index contributed by atoms with van der Waals surface area (Å²) in [5.74, 6) is -0.141. The third-order valence-electron chi connectivity index (χ3n) is 3.45. The molecular weight excluding hydrogens is 354 g/mol. The number of rotatable bonds is 9. The maximum atomic E-state index is 11.8. The Morgan fingerprint density at radius 3 is 2.46 bits per heavy atom. The highest BCUT2D eigenvalue weighted by Gasteiger charge is 2.01. The molecule has 0 aliphatic carbocycles. The molecule has 136 valence electrons. The highest BCUT2D eigenvalue weighted by molar-refractivity contribution is 6.30. The van der Waals surface area contributed by atoms with Crippen LogP contribution in [-0.4, -0.2) is 24.6 Å². The van der Waals surface area contributed by atoms with Gasteiger partial charge in [-0.05, 0) is 60.4 Å². The second-order valence-corrected chi connectivity index (χ2v) is 6.03. The van der Waals surface area contributed by atoms with E-state index in [0.29, 0.717) is 17.2 Å². The van der Waals surface area contributed by atoms with E-state index in [-0.39, 0.29) is 12.5 Å². The summed E-state index contributed by atoms with van der Waals surface area (Å²) in [6.45, 7) is -0.167. The molecule has 0 aliphatic heterocycles. The number of nitrogens with zero attached hydrogens (tertiary/aromatic N) is 1. The molecule has 0 saturated carbocycles. The van der Waals surface area contributed by atoms with Gasteiger partial charge in [0.15, 0.2) is 6.61 Å². The van der Waals surface area contributed by atoms with Gasteiger partial charge in [0.05, 0.1) is 6.21 Å². The normalized spacial score (nSPS) is 10.7. The maximum absolute atomic E-state index is 11.8. The summed E-state index contributed by atoms with van der Waals surface area (Å²) in [5.41, 5.74) is 9.44. The molecule has 2 rings (SSSR count). The van der Waals surface area contributed by atoms with E-state index in [0.717, 1.165) is 24.0 Å². The number of amides is 2. The molecule has 7 heteroatoms. The Labute approximate surface area is 157 Å². The van der Waals surface area contributed by atoms with Crippen LogP contribution in [0.4, 0.5) is 0 Å². The minimum absolute atomic E-state index is 0.142. The summed E-state index contributed by atoms with van der Waals surface area (Å²) in [6, 6.07) is 14.5. The third kappa shape index (κ3) is 7.36. The lowest BCUT2D eigenvalue weighted by molar-refractivity contribution is -0.121. The van der Waals surface area contributed by atoms with E-state index in [4.69, 9.17) is 22.1 Å². The van der Waals surface area contributed by atoms with Crippen LogP contribution < -0.4 is 15.9 Å². The lowest BCUT2D eigenvalue weighted by Gasteiger charge is -2.03. The molecule has 2 amide bonds. The number of halogens is 1. The molecule has 6 nitrogen and oxygen atoms in total. The van der Waals surface area contributed by atoms with Gasteiger partial charge in [-0.15, -0.1) is 0 Å². The standard InChI is InChI=1S/C19H20ClN3O3/c20-16-8-4-14(5-9-16)2-1-3-19(25)23-22-12-15-6-10-17(11-7-15)26-13-18(21)24/h4-12H,1-3,13H2,(H2,21,24)(H,23,25)/b22-12-. The van der Waals surface area contributed by atoms with Gasteiger partial charge in [-0.1, -0.05) is 23.7 Å². The SMILES string of the molecule is NC(=O)COc1ccc(/C=N\NC(=O)CCCc2ccc(Cl)cc2)cc1. The number of hydrogen-bond acceptors (Lipinski definition) is 4. The van der Waals surface area contributed by atoms with Crippen molar-refractivity contribution in [1.82, 2.24) is 5.43 Å². The lowest BCUT2D eigenvalue weighted by atomic mass is 10.1. The van der Waals surface area contributed by atoms with Crippen molar-refractivity contribution < 1.29 is 14.3 Å². The van der Waals surface area contributed by atoms with Crippen molar-refractivity contribution in [2.45, 2.75) is 19.3 Å². The molecule has 2 aromatic carbocycles. The van der Waals surface area contributed by atoms with Crippen molar-refractivity contribution in [3.05, 3.63) is 64.7 Å². The van der Waals surface area contributed by atoms with Crippen LogP contribution in [0.15, 0.2) is 53.6 Å². The maximum Gasteiger partial charge on any atom is 0.255 e. The smallest absolute Gasteiger partial charge is 0.255 e. The molecule has 0 fully saturated rings. The zero-order valence-electron chi connectivity index (χ0n) is 14.2. The number of ether oxygens (including phenoxy) is 1. The van der Waals surface area contributed by atoms with Gasteiger partial charge in [0.25, 0.3) is 5.91 Å². The molecule has 0 unspecified atom stereocenters. The summed E-state index contributed by atoms with van der Waals surface area (Å²) >= 11 is 5.84. The fraction of sp³-hybridized carbons (Fsp3) is 0.211. The van der Waals surface area contributed by atoms with E-state index in [2.05, 4.69) is 10.5 Å². The average Bonchev–Trinajstić information content (AvgIpc) is 2.63. The fourth-order valence-electron chi connectivity index (χ4n) is 2.14. The number of carbonyl (C=O) groups excluding carboxylic acids is 2. The number of aryl methyl sites for hydroxylation is 1. The summed E-state index contributed by atoms with van der Waals surface area (Å²) in [7, 11) is 0. The molecular formula is C19H20ClN3O3. The van der Waals surface area contributed by atoms with Gasteiger partial charge >= 0.3 is 0 Å². The predicted molar refractivity (Wildman–Crippen MR) is 101 cm³/mol. The van der Waals surface area contributed by atoms with Crippen LogP contribution in [-0.2, 0) is 16.0 Å². The molecule has 0 radical (unpaired) electrons. The molecule has 0 atom stereocenters. The van der Waals surface area contributed by atoms with Crippen LogP contribution >= 0.6 is 11.6 Å². The first kappa shape index (κ1) is 19.5.